The van der Waals surface area contributed by atoms with Crippen LogP contribution in [0.1, 0.15) is 27.7 Å². The molecule has 0 bridgehead atoms. The van der Waals surface area contributed by atoms with Crippen LogP contribution >= 0.6 is 0 Å². The fourth-order valence-electron chi connectivity index (χ4n) is 1.69. The Morgan fingerprint density at radius 3 is 2.24 bits per heavy atom. The lowest BCUT2D eigenvalue weighted by Gasteiger charge is -1.87. The number of hydrogen-bond donors (Lipinski definition) is 1. The number of hydrogen-bond acceptors (Lipinski definition) is 1. The number of aromatic nitrogens is 2. The molecule has 0 aliphatic heterocycles. The van der Waals surface area contributed by atoms with E-state index in [2.05, 4.69) is 22.1 Å². The van der Waals surface area contributed by atoms with Gasteiger partial charge >= 0.3 is 0 Å². The lowest BCUT2D eigenvalue weighted by Crippen LogP contribution is -1.68. The Kier molecular flexibility index (Phi) is 5.21. The van der Waals surface area contributed by atoms with Crippen molar-refractivity contribution in [3.05, 3.63) is 42.7 Å². The third kappa shape index (κ3) is 2.64. The Morgan fingerprint density at radius 1 is 0.824 bits per heavy atom. The van der Waals surface area contributed by atoms with Gasteiger partial charge < -0.3 is 4.98 Å². The average Bonchev–Trinajstić information content (AvgIpc) is 2.82. The molecule has 2 heteroatoms. The van der Waals surface area contributed by atoms with Crippen LogP contribution in [0.4, 0.5) is 0 Å². The summed E-state index contributed by atoms with van der Waals surface area (Å²) in [5.41, 5.74) is 2.32. The van der Waals surface area contributed by atoms with E-state index in [4.69, 9.17) is 0 Å². The summed E-state index contributed by atoms with van der Waals surface area (Å²) in [6.45, 7) is 8.00. The number of nitrogens with one attached hydrogen (secondary N) is 1. The molecule has 0 saturated heterocycles. The van der Waals surface area contributed by atoms with Crippen LogP contribution in [-0.2, 0) is 0 Å². The molecule has 90 valence electrons. The van der Waals surface area contributed by atoms with Gasteiger partial charge in [-0.1, -0.05) is 45.9 Å². The van der Waals surface area contributed by atoms with Crippen LogP contribution in [0.3, 0.4) is 0 Å². The maximum absolute atomic E-state index is 4.12. The van der Waals surface area contributed by atoms with Gasteiger partial charge in [0.1, 0.15) is 0 Å². The van der Waals surface area contributed by atoms with Gasteiger partial charge in [-0.15, -0.1) is 0 Å². The fourth-order valence-corrected chi connectivity index (χ4v) is 1.69. The van der Waals surface area contributed by atoms with Crippen molar-refractivity contribution in [1.82, 2.24) is 9.97 Å². The van der Waals surface area contributed by atoms with Crippen molar-refractivity contribution >= 4 is 21.8 Å². The first-order chi connectivity index (χ1) is 8.45. The van der Waals surface area contributed by atoms with Gasteiger partial charge in [0.05, 0.1) is 0 Å². The highest BCUT2D eigenvalue weighted by atomic mass is 14.7. The molecule has 2 aromatic heterocycles. The SMILES string of the molecule is CC.CC.c1ccc2c(c1)[nH]c1ccncc12. The van der Waals surface area contributed by atoms with Crippen molar-refractivity contribution < 1.29 is 0 Å². The van der Waals surface area contributed by atoms with E-state index >= 15 is 0 Å². The zero-order valence-electron chi connectivity index (χ0n) is 11.0. The number of pyridine rings is 1. The van der Waals surface area contributed by atoms with Crippen LogP contribution in [0.15, 0.2) is 42.7 Å². The quantitative estimate of drug-likeness (QED) is 0.590. The Labute approximate surface area is 103 Å². The van der Waals surface area contributed by atoms with E-state index in [0.717, 1.165) is 5.52 Å². The average molecular weight is 228 g/mol. The summed E-state index contributed by atoms with van der Waals surface area (Å²) in [7, 11) is 0. The second-order valence-electron chi connectivity index (χ2n) is 3.09. The van der Waals surface area contributed by atoms with Crippen molar-refractivity contribution in [3.8, 4) is 0 Å². The van der Waals surface area contributed by atoms with Crippen LogP contribution in [0.25, 0.3) is 21.8 Å². The number of aromatic amines is 1. The standard InChI is InChI=1S/C11H8N2.2C2H6/c1-2-4-10-8(3-1)9-7-12-6-5-11(9)13-10;2*1-2/h1-7,13H;2*1-2H3. The molecule has 0 fully saturated rings. The molecule has 2 heterocycles. The van der Waals surface area contributed by atoms with E-state index in [0.29, 0.717) is 0 Å². The third-order valence-electron chi connectivity index (χ3n) is 2.31. The number of nitrogens with zero attached hydrogens (tertiary/aromatic N) is 1. The Morgan fingerprint density at radius 2 is 1.47 bits per heavy atom. The highest BCUT2D eigenvalue weighted by Gasteiger charge is 2.00. The molecule has 0 aliphatic rings. The zero-order valence-corrected chi connectivity index (χ0v) is 11.0. The van der Waals surface area contributed by atoms with E-state index < -0.39 is 0 Å². The minimum atomic E-state index is 1.15. The molecule has 0 amide bonds. The molecule has 2 nitrogen and oxygen atoms in total. The number of para-hydroxylation sites is 1. The number of rotatable bonds is 0. The van der Waals surface area contributed by atoms with Crippen LogP contribution in [0, 0.1) is 0 Å². The summed E-state index contributed by atoms with van der Waals surface area (Å²) in [6.07, 6.45) is 3.70. The van der Waals surface area contributed by atoms with Crippen LogP contribution in [0.2, 0.25) is 0 Å². The van der Waals surface area contributed by atoms with Gasteiger partial charge in [-0.25, -0.2) is 0 Å². The molecule has 3 aromatic rings. The molecule has 17 heavy (non-hydrogen) atoms. The van der Waals surface area contributed by atoms with Gasteiger partial charge in [0.2, 0.25) is 0 Å². The van der Waals surface area contributed by atoms with Crippen molar-refractivity contribution in [2.45, 2.75) is 27.7 Å². The summed E-state index contributed by atoms with van der Waals surface area (Å²) in [6, 6.07) is 10.3. The first-order valence-electron chi connectivity index (χ1n) is 6.25. The predicted octanol–water partition coefficient (Wildman–Crippen LogP) is 4.77. The maximum Gasteiger partial charge on any atom is 0.0495 e. The normalized spacial score (nSPS) is 9.18. The molecule has 0 saturated carbocycles. The van der Waals surface area contributed by atoms with Gasteiger partial charge in [0, 0.05) is 34.2 Å². The van der Waals surface area contributed by atoms with Gasteiger partial charge in [-0.3, -0.25) is 4.98 Å². The summed E-state index contributed by atoms with van der Waals surface area (Å²) in [5.74, 6) is 0. The Balaban J connectivity index is 0.000000330. The second-order valence-corrected chi connectivity index (χ2v) is 3.09. The summed E-state index contributed by atoms with van der Waals surface area (Å²) in [5, 5.41) is 2.43. The predicted molar refractivity (Wildman–Crippen MR) is 76.3 cm³/mol. The van der Waals surface area contributed by atoms with Gasteiger partial charge in [-0.2, -0.15) is 0 Å². The highest BCUT2D eigenvalue weighted by molar-refractivity contribution is 6.06. The fraction of sp³-hybridized carbons (Fsp3) is 0.267. The van der Waals surface area contributed by atoms with Crippen molar-refractivity contribution in [3.63, 3.8) is 0 Å². The first-order valence-corrected chi connectivity index (χ1v) is 6.25. The topological polar surface area (TPSA) is 28.7 Å². The van der Waals surface area contributed by atoms with Crippen LogP contribution < -0.4 is 0 Å². The van der Waals surface area contributed by atoms with E-state index in [1.54, 1.807) is 6.20 Å². The molecular weight excluding hydrogens is 208 g/mol. The molecule has 0 atom stereocenters. The van der Waals surface area contributed by atoms with Crippen LogP contribution in [-0.4, -0.2) is 9.97 Å². The van der Waals surface area contributed by atoms with Gasteiger partial charge in [0.15, 0.2) is 0 Å². The van der Waals surface area contributed by atoms with Crippen LogP contribution in [0.5, 0.6) is 0 Å². The Hall–Kier alpha value is -1.83. The molecular formula is C15H20N2. The lowest BCUT2D eigenvalue weighted by molar-refractivity contribution is 1.36. The summed E-state index contributed by atoms with van der Waals surface area (Å²) >= 11 is 0. The second kappa shape index (κ2) is 6.69. The smallest absolute Gasteiger partial charge is 0.0495 e. The third-order valence-corrected chi connectivity index (χ3v) is 2.31. The number of fused-ring (bicyclic) bond motifs is 3. The Bertz CT molecular complexity index is 517. The van der Waals surface area contributed by atoms with Crippen molar-refractivity contribution in [1.29, 1.82) is 0 Å². The molecule has 0 spiro atoms. The van der Waals surface area contributed by atoms with E-state index in [1.165, 1.54) is 16.3 Å². The van der Waals surface area contributed by atoms with Gasteiger partial charge in [-0.05, 0) is 12.1 Å². The molecule has 3 rings (SSSR count). The zero-order chi connectivity index (χ0) is 12.7. The lowest BCUT2D eigenvalue weighted by atomic mass is 10.2. The van der Waals surface area contributed by atoms with Crippen molar-refractivity contribution in [2.75, 3.05) is 0 Å². The summed E-state index contributed by atoms with van der Waals surface area (Å²) < 4.78 is 0. The van der Waals surface area contributed by atoms with E-state index in [9.17, 15) is 0 Å². The summed E-state index contributed by atoms with van der Waals surface area (Å²) in [4.78, 5) is 7.45. The number of benzene rings is 1. The molecule has 1 aromatic carbocycles. The minimum Gasteiger partial charge on any atom is -0.354 e. The molecule has 0 radical (unpaired) electrons. The number of H-pyrrole nitrogens is 1. The largest absolute Gasteiger partial charge is 0.354 e. The van der Waals surface area contributed by atoms with Gasteiger partial charge in [0.25, 0.3) is 0 Å². The molecule has 0 unspecified atom stereocenters. The minimum absolute atomic E-state index is 1.15. The van der Waals surface area contributed by atoms with E-state index in [-0.39, 0.29) is 0 Å². The maximum atomic E-state index is 4.12. The monoisotopic (exact) mass is 228 g/mol. The molecule has 1 N–H and O–H groups in total. The van der Waals surface area contributed by atoms with Crippen molar-refractivity contribution in [2.24, 2.45) is 0 Å². The highest BCUT2D eigenvalue weighted by Crippen LogP contribution is 2.23. The van der Waals surface area contributed by atoms with E-state index in [1.807, 2.05) is 52.1 Å². The first kappa shape index (κ1) is 13.2. The molecule has 0 aliphatic carbocycles.